The Morgan fingerprint density at radius 1 is 1.14 bits per heavy atom. The molecule has 0 aliphatic carbocycles. The zero-order valence-corrected chi connectivity index (χ0v) is 9.47. The molecule has 0 bridgehead atoms. The minimum Gasteiger partial charge on any atom is -0.285 e. The number of rotatable bonds is 2. The normalized spacial score (nSPS) is 11.7. The highest BCUT2D eigenvalue weighted by molar-refractivity contribution is 7.73. The smallest absolute Gasteiger partial charge is 0.222 e. The van der Waals surface area contributed by atoms with Crippen molar-refractivity contribution in [1.82, 2.24) is 0 Å². The van der Waals surface area contributed by atoms with E-state index in [2.05, 4.69) is 4.72 Å². The van der Waals surface area contributed by atoms with Crippen LogP contribution in [0.1, 0.15) is 26.3 Å². The van der Waals surface area contributed by atoms with Crippen molar-refractivity contribution in [2.24, 2.45) is 0 Å². The second-order valence-corrected chi connectivity index (χ2v) is 4.90. The highest BCUT2D eigenvalue weighted by Gasteiger charge is 2.17. The van der Waals surface area contributed by atoms with Gasteiger partial charge < -0.3 is 0 Å². The number of benzene rings is 1. The van der Waals surface area contributed by atoms with Crippen LogP contribution in [0.2, 0.25) is 0 Å². The number of para-hydroxylation sites is 1. The van der Waals surface area contributed by atoms with Gasteiger partial charge in [0.05, 0.1) is 5.69 Å². The molecule has 0 heterocycles. The topological polar surface area (TPSA) is 46.2 Å². The van der Waals surface area contributed by atoms with E-state index in [-0.39, 0.29) is 5.41 Å². The molecular formula is C10H15NO2S. The SMILES string of the molecule is CC(C)(C)c1ccccc1N[SH](=O)=O. The van der Waals surface area contributed by atoms with Crippen LogP contribution in [0, 0.1) is 0 Å². The van der Waals surface area contributed by atoms with Gasteiger partial charge in [-0.3, -0.25) is 4.72 Å². The zero-order chi connectivity index (χ0) is 10.8. The molecule has 0 aromatic heterocycles. The Labute approximate surface area is 86.2 Å². The van der Waals surface area contributed by atoms with E-state index >= 15 is 0 Å². The minimum atomic E-state index is -2.59. The summed E-state index contributed by atoms with van der Waals surface area (Å²) >= 11 is 0. The Bertz CT molecular complexity index is 383. The number of anilines is 1. The summed E-state index contributed by atoms with van der Waals surface area (Å²) in [6.07, 6.45) is 0. The zero-order valence-electron chi connectivity index (χ0n) is 8.57. The third-order valence-corrected chi connectivity index (χ3v) is 2.37. The predicted octanol–water partition coefficient (Wildman–Crippen LogP) is 1.92. The summed E-state index contributed by atoms with van der Waals surface area (Å²) < 4.78 is 23.6. The van der Waals surface area contributed by atoms with Gasteiger partial charge in [-0.25, -0.2) is 8.42 Å². The first-order valence-electron chi connectivity index (χ1n) is 4.42. The molecule has 78 valence electrons. The van der Waals surface area contributed by atoms with Gasteiger partial charge in [0.2, 0.25) is 10.9 Å². The van der Waals surface area contributed by atoms with Gasteiger partial charge in [-0.1, -0.05) is 39.0 Å². The number of hydrogen-bond donors (Lipinski definition) is 2. The Hall–Kier alpha value is -1.03. The van der Waals surface area contributed by atoms with Crippen LogP contribution in [0.4, 0.5) is 5.69 Å². The Morgan fingerprint density at radius 3 is 2.21 bits per heavy atom. The van der Waals surface area contributed by atoms with E-state index in [1.807, 2.05) is 39.0 Å². The van der Waals surface area contributed by atoms with Crippen molar-refractivity contribution in [3.8, 4) is 0 Å². The summed E-state index contributed by atoms with van der Waals surface area (Å²) in [6.45, 7) is 6.14. The molecule has 14 heavy (non-hydrogen) atoms. The third kappa shape index (κ3) is 2.73. The van der Waals surface area contributed by atoms with Crippen molar-refractivity contribution < 1.29 is 8.42 Å². The molecule has 0 radical (unpaired) electrons. The highest BCUT2D eigenvalue weighted by atomic mass is 32.2. The Balaban J connectivity index is 3.16. The van der Waals surface area contributed by atoms with E-state index < -0.39 is 10.9 Å². The summed E-state index contributed by atoms with van der Waals surface area (Å²) in [7, 11) is -2.59. The van der Waals surface area contributed by atoms with Gasteiger partial charge >= 0.3 is 0 Å². The van der Waals surface area contributed by atoms with Gasteiger partial charge in [0.25, 0.3) is 0 Å². The number of nitrogens with one attached hydrogen (secondary N) is 1. The summed E-state index contributed by atoms with van der Waals surface area (Å²) in [5.41, 5.74) is 1.60. The molecule has 0 spiro atoms. The Kier molecular flexibility index (Phi) is 3.16. The lowest BCUT2D eigenvalue weighted by Gasteiger charge is -2.21. The van der Waals surface area contributed by atoms with E-state index in [4.69, 9.17) is 0 Å². The molecule has 0 saturated heterocycles. The molecule has 0 aliphatic rings. The van der Waals surface area contributed by atoms with E-state index in [1.165, 1.54) is 0 Å². The molecule has 3 nitrogen and oxygen atoms in total. The van der Waals surface area contributed by atoms with Crippen molar-refractivity contribution in [3.05, 3.63) is 29.8 Å². The largest absolute Gasteiger partial charge is 0.285 e. The standard InChI is InChI=1S/C10H15NO2S/c1-10(2,3)8-6-4-5-7-9(8)11-14(12)13/h4-7,14H,1-3H3,(H,11,12,13). The van der Waals surface area contributed by atoms with E-state index in [0.29, 0.717) is 5.69 Å². The van der Waals surface area contributed by atoms with Gasteiger partial charge in [-0.15, -0.1) is 0 Å². The fourth-order valence-electron chi connectivity index (χ4n) is 1.33. The second kappa shape index (κ2) is 4.00. The summed E-state index contributed by atoms with van der Waals surface area (Å²) in [4.78, 5) is 0. The summed E-state index contributed by atoms with van der Waals surface area (Å²) in [5, 5.41) is 0. The van der Waals surface area contributed by atoms with Crippen molar-refractivity contribution >= 4 is 16.6 Å². The number of hydrogen-bond acceptors (Lipinski definition) is 2. The van der Waals surface area contributed by atoms with Crippen LogP contribution in [-0.2, 0) is 16.3 Å². The fourth-order valence-corrected chi connectivity index (χ4v) is 1.72. The lowest BCUT2D eigenvalue weighted by molar-refractivity contribution is 0.592. The molecular weight excluding hydrogens is 198 g/mol. The first-order chi connectivity index (χ1) is 6.41. The molecule has 0 unspecified atom stereocenters. The predicted molar refractivity (Wildman–Crippen MR) is 59.1 cm³/mol. The van der Waals surface area contributed by atoms with E-state index in [0.717, 1.165) is 5.56 Å². The Morgan fingerprint density at radius 2 is 1.71 bits per heavy atom. The molecule has 0 aliphatic heterocycles. The molecule has 1 rings (SSSR count). The fraction of sp³-hybridized carbons (Fsp3) is 0.400. The molecule has 1 aromatic rings. The average molecular weight is 213 g/mol. The van der Waals surface area contributed by atoms with Crippen LogP contribution in [-0.4, -0.2) is 8.42 Å². The van der Waals surface area contributed by atoms with Crippen LogP contribution in [0.5, 0.6) is 0 Å². The minimum absolute atomic E-state index is 0.0606. The van der Waals surface area contributed by atoms with Crippen LogP contribution in [0.15, 0.2) is 24.3 Å². The van der Waals surface area contributed by atoms with Crippen LogP contribution in [0.3, 0.4) is 0 Å². The van der Waals surface area contributed by atoms with Crippen molar-refractivity contribution in [2.45, 2.75) is 26.2 Å². The van der Waals surface area contributed by atoms with E-state index in [1.54, 1.807) is 6.07 Å². The second-order valence-electron chi connectivity index (χ2n) is 4.16. The van der Waals surface area contributed by atoms with Gasteiger partial charge in [0.15, 0.2) is 0 Å². The summed E-state index contributed by atoms with van der Waals surface area (Å²) in [5.74, 6) is 0. The van der Waals surface area contributed by atoms with Crippen molar-refractivity contribution in [2.75, 3.05) is 4.72 Å². The molecule has 1 aromatic carbocycles. The maximum atomic E-state index is 10.6. The number of thiol groups is 1. The first kappa shape index (κ1) is 11.0. The third-order valence-electron chi connectivity index (χ3n) is 1.95. The monoisotopic (exact) mass is 213 g/mol. The maximum Gasteiger partial charge on any atom is 0.222 e. The average Bonchev–Trinajstić information content (AvgIpc) is 2.01. The lowest BCUT2D eigenvalue weighted by Crippen LogP contribution is -2.14. The molecule has 4 heteroatoms. The maximum absolute atomic E-state index is 10.6. The molecule has 0 atom stereocenters. The quantitative estimate of drug-likeness (QED) is 0.737. The van der Waals surface area contributed by atoms with Gasteiger partial charge in [0.1, 0.15) is 0 Å². The van der Waals surface area contributed by atoms with Gasteiger partial charge in [-0.2, -0.15) is 0 Å². The summed E-state index contributed by atoms with van der Waals surface area (Å²) in [6, 6.07) is 7.42. The van der Waals surface area contributed by atoms with Crippen LogP contribution < -0.4 is 4.72 Å². The van der Waals surface area contributed by atoms with E-state index in [9.17, 15) is 8.42 Å². The molecule has 0 saturated carbocycles. The lowest BCUT2D eigenvalue weighted by atomic mass is 9.86. The van der Waals surface area contributed by atoms with Gasteiger partial charge in [0, 0.05) is 0 Å². The highest BCUT2D eigenvalue weighted by Crippen LogP contribution is 2.28. The van der Waals surface area contributed by atoms with Gasteiger partial charge in [-0.05, 0) is 17.0 Å². The van der Waals surface area contributed by atoms with Crippen LogP contribution in [0.25, 0.3) is 0 Å². The molecule has 1 N–H and O–H groups in total. The van der Waals surface area contributed by atoms with Crippen molar-refractivity contribution in [3.63, 3.8) is 0 Å². The van der Waals surface area contributed by atoms with Crippen molar-refractivity contribution in [1.29, 1.82) is 0 Å². The first-order valence-corrected chi connectivity index (χ1v) is 5.59. The molecule has 0 fully saturated rings. The molecule has 0 amide bonds. The van der Waals surface area contributed by atoms with Crippen LogP contribution >= 0.6 is 0 Å².